The Morgan fingerprint density at radius 2 is 1.92 bits per heavy atom. The summed E-state index contributed by atoms with van der Waals surface area (Å²) in [6.45, 7) is 2.22. The Morgan fingerprint density at radius 3 is 2.54 bits per heavy atom. The van der Waals surface area contributed by atoms with E-state index >= 15 is 0 Å². The second kappa shape index (κ2) is 6.37. The van der Waals surface area contributed by atoms with Crippen LogP contribution in [0.5, 0.6) is 5.75 Å². The summed E-state index contributed by atoms with van der Waals surface area (Å²) in [7, 11) is 2.98. The molecule has 124 valence electrons. The zero-order valence-corrected chi connectivity index (χ0v) is 13.9. The third-order valence-corrected chi connectivity index (χ3v) is 4.02. The van der Waals surface area contributed by atoms with E-state index in [9.17, 15) is 4.79 Å². The molecule has 0 aliphatic heterocycles. The van der Waals surface area contributed by atoms with E-state index in [4.69, 9.17) is 19.6 Å². The highest BCUT2D eigenvalue weighted by atomic mass is 16.5. The van der Waals surface area contributed by atoms with Crippen molar-refractivity contribution in [2.24, 2.45) is 5.73 Å². The molecule has 0 radical (unpaired) electrons. The highest BCUT2D eigenvalue weighted by molar-refractivity contribution is 5.93. The van der Waals surface area contributed by atoms with E-state index in [1.165, 1.54) is 7.11 Å². The molecule has 3 rings (SSSR count). The molecule has 0 saturated carbocycles. The van der Waals surface area contributed by atoms with Crippen LogP contribution in [0.4, 0.5) is 0 Å². The van der Waals surface area contributed by atoms with Crippen molar-refractivity contribution in [1.82, 2.24) is 0 Å². The third kappa shape index (κ3) is 2.74. The molecule has 1 heterocycles. The number of ether oxygens (including phenoxy) is 2. The number of rotatable bonds is 4. The van der Waals surface area contributed by atoms with Crippen LogP contribution in [0.25, 0.3) is 22.1 Å². The van der Waals surface area contributed by atoms with Crippen LogP contribution in [-0.2, 0) is 11.3 Å². The van der Waals surface area contributed by atoms with Crippen molar-refractivity contribution >= 4 is 16.9 Å². The van der Waals surface area contributed by atoms with Crippen LogP contribution in [-0.4, -0.2) is 20.2 Å². The van der Waals surface area contributed by atoms with E-state index in [0.29, 0.717) is 29.2 Å². The molecular formula is C19H19NO4. The maximum atomic E-state index is 11.7. The van der Waals surface area contributed by atoms with Gasteiger partial charge in [-0.2, -0.15) is 0 Å². The number of nitrogens with two attached hydrogens (primary N) is 1. The molecular weight excluding hydrogens is 306 g/mol. The minimum Gasteiger partial charge on any atom is -0.493 e. The average Bonchev–Trinajstić information content (AvgIpc) is 3.03. The van der Waals surface area contributed by atoms with Crippen LogP contribution < -0.4 is 10.5 Å². The van der Waals surface area contributed by atoms with Crippen LogP contribution in [0.15, 0.2) is 40.8 Å². The second-order valence-corrected chi connectivity index (χ2v) is 5.53. The van der Waals surface area contributed by atoms with Gasteiger partial charge in [0.15, 0.2) is 11.3 Å². The SMILES string of the molecule is COC(=O)c1ccc(-c2cc(OC)c3oc(CN)cc3c2)cc1C. The van der Waals surface area contributed by atoms with E-state index in [-0.39, 0.29) is 5.97 Å². The molecule has 5 heteroatoms. The fourth-order valence-electron chi connectivity index (χ4n) is 2.78. The highest BCUT2D eigenvalue weighted by Gasteiger charge is 2.14. The molecule has 24 heavy (non-hydrogen) atoms. The van der Waals surface area contributed by atoms with Crippen molar-refractivity contribution in [1.29, 1.82) is 0 Å². The van der Waals surface area contributed by atoms with Crippen LogP contribution in [0.3, 0.4) is 0 Å². The number of hydrogen-bond acceptors (Lipinski definition) is 5. The number of carbonyl (C=O) groups excluding carboxylic acids is 1. The number of furan rings is 1. The van der Waals surface area contributed by atoms with Crippen molar-refractivity contribution in [3.8, 4) is 16.9 Å². The normalized spacial score (nSPS) is 10.8. The Bertz CT molecular complexity index is 911. The third-order valence-electron chi connectivity index (χ3n) is 4.02. The molecule has 2 aromatic carbocycles. The summed E-state index contributed by atoms with van der Waals surface area (Å²) in [6, 6.07) is 11.5. The Hall–Kier alpha value is -2.79. The molecule has 0 spiro atoms. The maximum Gasteiger partial charge on any atom is 0.338 e. The lowest BCUT2D eigenvalue weighted by atomic mass is 9.98. The van der Waals surface area contributed by atoms with Gasteiger partial charge in [0, 0.05) is 5.39 Å². The monoisotopic (exact) mass is 325 g/mol. The number of esters is 1. The minimum absolute atomic E-state index is 0.333. The number of hydrogen-bond donors (Lipinski definition) is 1. The number of carbonyl (C=O) groups is 1. The van der Waals surface area contributed by atoms with Crippen molar-refractivity contribution in [2.45, 2.75) is 13.5 Å². The molecule has 0 bridgehead atoms. The van der Waals surface area contributed by atoms with Gasteiger partial charge in [0.2, 0.25) is 0 Å². The Kier molecular flexibility index (Phi) is 4.27. The summed E-state index contributed by atoms with van der Waals surface area (Å²) >= 11 is 0. The number of methoxy groups -OCH3 is 2. The van der Waals surface area contributed by atoms with Gasteiger partial charge in [0.05, 0.1) is 26.3 Å². The molecule has 0 aliphatic rings. The molecule has 0 unspecified atom stereocenters. The number of aryl methyl sites for hydroxylation is 1. The van der Waals surface area contributed by atoms with E-state index in [2.05, 4.69) is 0 Å². The predicted molar refractivity (Wildman–Crippen MR) is 92.2 cm³/mol. The van der Waals surface area contributed by atoms with Gasteiger partial charge < -0.3 is 19.6 Å². The highest BCUT2D eigenvalue weighted by Crippen LogP contribution is 2.35. The largest absolute Gasteiger partial charge is 0.493 e. The van der Waals surface area contributed by atoms with Crippen LogP contribution >= 0.6 is 0 Å². The maximum absolute atomic E-state index is 11.7. The van der Waals surface area contributed by atoms with Gasteiger partial charge in [0.25, 0.3) is 0 Å². The first-order valence-electron chi connectivity index (χ1n) is 7.57. The van der Waals surface area contributed by atoms with Crippen molar-refractivity contribution < 1.29 is 18.7 Å². The van der Waals surface area contributed by atoms with Gasteiger partial charge in [-0.3, -0.25) is 0 Å². The first kappa shape index (κ1) is 16.1. The summed E-state index contributed by atoms with van der Waals surface area (Å²) in [5.41, 5.74) is 9.71. The topological polar surface area (TPSA) is 74.7 Å². The van der Waals surface area contributed by atoms with Crippen LogP contribution in [0.1, 0.15) is 21.7 Å². The van der Waals surface area contributed by atoms with E-state index in [1.54, 1.807) is 13.2 Å². The van der Waals surface area contributed by atoms with Crippen LogP contribution in [0, 0.1) is 6.92 Å². The molecule has 0 atom stereocenters. The summed E-state index contributed by atoms with van der Waals surface area (Å²) in [4.78, 5) is 11.7. The molecule has 3 aromatic rings. The minimum atomic E-state index is -0.338. The lowest BCUT2D eigenvalue weighted by Gasteiger charge is -2.09. The first-order chi connectivity index (χ1) is 11.6. The summed E-state index contributed by atoms with van der Waals surface area (Å²) in [6.07, 6.45) is 0. The van der Waals surface area contributed by atoms with E-state index in [0.717, 1.165) is 22.1 Å². The second-order valence-electron chi connectivity index (χ2n) is 5.53. The van der Waals surface area contributed by atoms with Crippen molar-refractivity contribution in [2.75, 3.05) is 14.2 Å². The first-order valence-corrected chi connectivity index (χ1v) is 7.57. The molecule has 0 saturated heterocycles. The van der Waals surface area contributed by atoms with E-state index in [1.807, 2.05) is 37.3 Å². The molecule has 2 N–H and O–H groups in total. The average molecular weight is 325 g/mol. The van der Waals surface area contributed by atoms with Gasteiger partial charge in [-0.15, -0.1) is 0 Å². The fraction of sp³-hybridized carbons (Fsp3) is 0.211. The smallest absolute Gasteiger partial charge is 0.338 e. The summed E-state index contributed by atoms with van der Waals surface area (Å²) in [5, 5.41) is 0.930. The van der Waals surface area contributed by atoms with Gasteiger partial charge in [0.1, 0.15) is 5.76 Å². The Morgan fingerprint density at radius 1 is 1.12 bits per heavy atom. The number of fused-ring (bicyclic) bond motifs is 1. The predicted octanol–water partition coefficient (Wildman–Crippen LogP) is 3.66. The van der Waals surface area contributed by atoms with Gasteiger partial charge in [-0.25, -0.2) is 4.79 Å². The molecule has 5 nitrogen and oxygen atoms in total. The lowest BCUT2D eigenvalue weighted by Crippen LogP contribution is -2.03. The van der Waals surface area contributed by atoms with Crippen molar-refractivity contribution in [3.05, 3.63) is 53.3 Å². The molecule has 0 amide bonds. The number of benzene rings is 2. The quantitative estimate of drug-likeness (QED) is 0.741. The zero-order valence-electron chi connectivity index (χ0n) is 13.9. The zero-order chi connectivity index (χ0) is 17.3. The summed E-state index contributed by atoms with van der Waals surface area (Å²) in [5.74, 6) is 1.02. The summed E-state index contributed by atoms with van der Waals surface area (Å²) < 4.78 is 15.9. The lowest BCUT2D eigenvalue weighted by molar-refractivity contribution is 0.0600. The molecule has 0 aliphatic carbocycles. The Labute approximate surface area is 140 Å². The fourth-order valence-corrected chi connectivity index (χ4v) is 2.78. The van der Waals surface area contributed by atoms with Crippen LogP contribution in [0.2, 0.25) is 0 Å². The van der Waals surface area contributed by atoms with E-state index < -0.39 is 0 Å². The standard InChI is InChI=1S/C19H19NO4/c1-11-6-12(4-5-16(11)19(21)23-3)13-7-14-8-15(10-20)24-18(14)17(9-13)22-2/h4-9H,10,20H2,1-3H3. The van der Waals surface area contributed by atoms with Gasteiger partial charge in [-0.05, 0) is 47.9 Å². The van der Waals surface area contributed by atoms with Gasteiger partial charge >= 0.3 is 5.97 Å². The van der Waals surface area contributed by atoms with Gasteiger partial charge in [-0.1, -0.05) is 12.1 Å². The van der Waals surface area contributed by atoms with Crippen molar-refractivity contribution in [3.63, 3.8) is 0 Å². The molecule has 1 aromatic heterocycles. The molecule has 0 fully saturated rings. The Balaban J connectivity index is 2.12.